The van der Waals surface area contributed by atoms with Crippen molar-refractivity contribution in [3.8, 4) is 0 Å². The van der Waals surface area contributed by atoms with Crippen LogP contribution in [0.2, 0.25) is 0 Å². The van der Waals surface area contributed by atoms with Gasteiger partial charge >= 0.3 is 6.03 Å². The second kappa shape index (κ2) is 9.09. The van der Waals surface area contributed by atoms with Crippen LogP contribution >= 0.6 is 11.3 Å². The molecule has 2 heterocycles. The van der Waals surface area contributed by atoms with Crippen molar-refractivity contribution in [2.75, 3.05) is 19.6 Å². The van der Waals surface area contributed by atoms with Crippen molar-refractivity contribution in [3.63, 3.8) is 0 Å². The summed E-state index contributed by atoms with van der Waals surface area (Å²) in [5.74, 6) is 0.0662. The van der Waals surface area contributed by atoms with Crippen molar-refractivity contribution in [1.82, 2.24) is 15.5 Å². The molecule has 0 radical (unpaired) electrons. The smallest absolute Gasteiger partial charge is 0.315 e. The Morgan fingerprint density at radius 3 is 2.52 bits per heavy atom. The van der Waals surface area contributed by atoms with E-state index in [0.717, 1.165) is 24.8 Å². The summed E-state index contributed by atoms with van der Waals surface area (Å²) in [6.45, 7) is 1.94. The molecule has 0 saturated carbocycles. The summed E-state index contributed by atoms with van der Waals surface area (Å²) in [5.41, 5.74) is 2.00. The number of carbonyl (C=O) groups is 2. The van der Waals surface area contributed by atoms with E-state index in [2.05, 4.69) is 28.1 Å². The van der Waals surface area contributed by atoms with Crippen molar-refractivity contribution >= 4 is 33.4 Å². The molecule has 6 heteroatoms. The van der Waals surface area contributed by atoms with E-state index >= 15 is 0 Å². The van der Waals surface area contributed by atoms with E-state index in [4.69, 9.17) is 0 Å². The average Bonchev–Trinajstić information content (AvgIpc) is 3.18. The maximum absolute atomic E-state index is 12.5. The van der Waals surface area contributed by atoms with Crippen molar-refractivity contribution in [2.24, 2.45) is 0 Å². The number of nitrogens with one attached hydrogen (secondary N) is 2. The van der Waals surface area contributed by atoms with Crippen LogP contribution in [0.4, 0.5) is 4.79 Å². The van der Waals surface area contributed by atoms with E-state index in [0.29, 0.717) is 19.6 Å². The van der Waals surface area contributed by atoms with Gasteiger partial charge in [-0.1, -0.05) is 36.4 Å². The zero-order valence-electron chi connectivity index (χ0n) is 16.3. The Labute approximate surface area is 174 Å². The zero-order valence-corrected chi connectivity index (χ0v) is 17.1. The number of nitrogens with zero attached hydrogens (tertiary/aromatic N) is 1. The third kappa shape index (κ3) is 4.77. The predicted octanol–water partition coefficient (Wildman–Crippen LogP) is 4.05. The number of fused-ring (bicyclic) bond motifs is 1. The van der Waals surface area contributed by atoms with Crippen molar-refractivity contribution in [1.29, 1.82) is 0 Å². The van der Waals surface area contributed by atoms with E-state index in [1.807, 2.05) is 47.4 Å². The van der Waals surface area contributed by atoms with Crippen LogP contribution < -0.4 is 10.6 Å². The van der Waals surface area contributed by atoms with Crippen molar-refractivity contribution in [2.45, 2.75) is 25.3 Å². The first-order valence-corrected chi connectivity index (χ1v) is 10.9. The predicted molar refractivity (Wildman–Crippen MR) is 117 cm³/mol. The Balaban J connectivity index is 1.19. The molecule has 1 aliphatic heterocycles. The largest absolute Gasteiger partial charge is 0.338 e. The number of urea groups is 1. The second-order valence-electron chi connectivity index (χ2n) is 7.34. The minimum Gasteiger partial charge on any atom is -0.338 e. The molecule has 5 nitrogen and oxygen atoms in total. The normalized spacial score (nSPS) is 14.7. The van der Waals surface area contributed by atoms with Gasteiger partial charge in [0.15, 0.2) is 0 Å². The Kier molecular flexibility index (Phi) is 6.10. The molecule has 0 atom stereocenters. The third-order valence-electron chi connectivity index (χ3n) is 5.38. The number of hydrogen-bond acceptors (Lipinski definition) is 3. The quantitative estimate of drug-likeness (QED) is 0.670. The highest BCUT2D eigenvalue weighted by molar-refractivity contribution is 7.17. The summed E-state index contributed by atoms with van der Waals surface area (Å²) >= 11 is 1.74. The van der Waals surface area contributed by atoms with Gasteiger partial charge in [-0.25, -0.2) is 4.79 Å². The molecule has 1 aromatic heterocycles. The van der Waals surface area contributed by atoms with Gasteiger partial charge in [-0.05, 0) is 53.8 Å². The van der Waals surface area contributed by atoms with Gasteiger partial charge in [-0.15, -0.1) is 11.3 Å². The van der Waals surface area contributed by atoms with Gasteiger partial charge < -0.3 is 15.5 Å². The Hall–Kier alpha value is -2.86. The lowest BCUT2D eigenvalue weighted by Crippen LogP contribution is -2.49. The molecule has 1 fully saturated rings. The Morgan fingerprint density at radius 1 is 1.00 bits per heavy atom. The monoisotopic (exact) mass is 407 g/mol. The Bertz CT molecular complexity index is 978. The molecule has 0 aliphatic carbocycles. The molecule has 0 unspecified atom stereocenters. The van der Waals surface area contributed by atoms with E-state index in [9.17, 15) is 9.59 Å². The number of benzene rings is 2. The van der Waals surface area contributed by atoms with Crippen molar-refractivity contribution in [3.05, 3.63) is 71.1 Å². The fraction of sp³-hybridized carbons (Fsp3) is 0.304. The van der Waals surface area contributed by atoms with Crippen LogP contribution in [-0.4, -0.2) is 42.5 Å². The van der Waals surface area contributed by atoms with Gasteiger partial charge in [-0.3, -0.25) is 4.79 Å². The fourth-order valence-corrected chi connectivity index (χ4v) is 4.76. The number of hydrogen-bond donors (Lipinski definition) is 2. The lowest BCUT2D eigenvalue weighted by Gasteiger charge is -2.32. The zero-order chi connectivity index (χ0) is 20.1. The molecule has 1 saturated heterocycles. The van der Waals surface area contributed by atoms with Gasteiger partial charge in [0.05, 0.1) is 0 Å². The highest BCUT2D eigenvalue weighted by Crippen LogP contribution is 2.25. The molecule has 2 aromatic carbocycles. The van der Waals surface area contributed by atoms with Gasteiger partial charge in [0, 0.05) is 35.9 Å². The van der Waals surface area contributed by atoms with Gasteiger partial charge in [0.25, 0.3) is 5.91 Å². The number of amides is 3. The SMILES string of the molecule is O=C(NCCc1csc2ccccc12)NC1CCN(C(=O)c2ccccc2)CC1. The molecule has 2 N–H and O–H groups in total. The molecular formula is C23H25N3O2S. The van der Waals surface area contributed by atoms with Gasteiger partial charge in [-0.2, -0.15) is 0 Å². The first kappa shape index (κ1) is 19.5. The average molecular weight is 408 g/mol. The van der Waals surface area contributed by atoms with Crippen LogP contribution in [-0.2, 0) is 6.42 Å². The number of rotatable bonds is 5. The summed E-state index contributed by atoms with van der Waals surface area (Å²) in [5, 5.41) is 9.46. The molecule has 1 aliphatic rings. The van der Waals surface area contributed by atoms with Crippen LogP contribution in [0.1, 0.15) is 28.8 Å². The standard InChI is InChI=1S/C23H25N3O2S/c27-22(17-6-2-1-3-7-17)26-14-11-19(12-15-26)25-23(28)24-13-10-18-16-29-21-9-5-4-8-20(18)21/h1-9,16,19H,10-15H2,(H2,24,25,28). The van der Waals surface area contributed by atoms with Crippen LogP contribution in [0.15, 0.2) is 60.0 Å². The van der Waals surface area contributed by atoms with Crippen LogP contribution in [0.3, 0.4) is 0 Å². The first-order valence-electron chi connectivity index (χ1n) is 10.0. The molecule has 29 heavy (non-hydrogen) atoms. The number of carbonyl (C=O) groups excluding carboxylic acids is 2. The van der Waals surface area contributed by atoms with Crippen LogP contribution in [0.5, 0.6) is 0 Å². The topological polar surface area (TPSA) is 61.4 Å². The van der Waals surface area contributed by atoms with E-state index in [1.165, 1.54) is 15.6 Å². The summed E-state index contributed by atoms with van der Waals surface area (Å²) in [7, 11) is 0. The molecule has 0 spiro atoms. The number of thiophene rings is 1. The lowest BCUT2D eigenvalue weighted by atomic mass is 10.0. The number of piperidine rings is 1. The second-order valence-corrected chi connectivity index (χ2v) is 8.25. The van der Waals surface area contributed by atoms with E-state index < -0.39 is 0 Å². The summed E-state index contributed by atoms with van der Waals surface area (Å²) in [6, 6.07) is 17.7. The van der Waals surface area contributed by atoms with E-state index in [-0.39, 0.29) is 18.0 Å². The Morgan fingerprint density at radius 2 is 1.72 bits per heavy atom. The summed E-state index contributed by atoms with van der Waals surface area (Å²) in [6.07, 6.45) is 2.38. The highest BCUT2D eigenvalue weighted by atomic mass is 32.1. The van der Waals surface area contributed by atoms with Crippen LogP contribution in [0, 0.1) is 0 Å². The van der Waals surface area contributed by atoms with Gasteiger partial charge in [0.2, 0.25) is 0 Å². The van der Waals surface area contributed by atoms with Crippen molar-refractivity contribution < 1.29 is 9.59 Å². The lowest BCUT2D eigenvalue weighted by molar-refractivity contribution is 0.0708. The minimum atomic E-state index is -0.127. The number of likely N-dealkylation sites (tertiary alicyclic amines) is 1. The van der Waals surface area contributed by atoms with Crippen LogP contribution in [0.25, 0.3) is 10.1 Å². The highest BCUT2D eigenvalue weighted by Gasteiger charge is 2.24. The van der Waals surface area contributed by atoms with E-state index in [1.54, 1.807) is 11.3 Å². The molecule has 3 aromatic rings. The first-order chi connectivity index (χ1) is 14.2. The molecule has 0 bridgehead atoms. The summed E-state index contributed by atoms with van der Waals surface area (Å²) < 4.78 is 1.28. The molecule has 3 amide bonds. The molecule has 150 valence electrons. The molecule has 4 rings (SSSR count). The van der Waals surface area contributed by atoms with Gasteiger partial charge in [0.1, 0.15) is 0 Å². The maximum Gasteiger partial charge on any atom is 0.315 e. The fourth-order valence-electron chi connectivity index (χ4n) is 3.76. The maximum atomic E-state index is 12.5. The summed E-state index contributed by atoms with van der Waals surface area (Å²) in [4.78, 5) is 26.6. The molecular weight excluding hydrogens is 382 g/mol. The minimum absolute atomic E-state index is 0.0662. The third-order valence-corrected chi connectivity index (χ3v) is 6.39.